The highest BCUT2D eigenvalue weighted by Crippen LogP contribution is 2.27. The molecule has 0 bridgehead atoms. The Morgan fingerprint density at radius 2 is 1.78 bits per heavy atom. The van der Waals surface area contributed by atoms with Gasteiger partial charge in [0.2, 0.25) is 0 Å². The van der Waals surface area contributed by atoms with Crippen molar-refractivity contribution < 1.29 is 0 Å². The molecule has 0 aromatic heterocycles. The van der Waals surface area contributed by atoms with E-state index in [2.05, 4.69) is 35.4 Å². The van der Waals surface area contributed by atoms with E-state index in [1.165, 1.54) is 5.56 Å². The third-order valence-corrected chi connectivity index (χ3v) is 3.32. The number of aryl methyl sites for hydroxylation is 1. The maximum Gasteiger partial charge on any atom is 0.0642 e. The van der Waals surface area contributed by atoms with Crippen LogP contribution in [0.1, 0.15) is 19.4 Å². The topological polar surface area (TPSA) is 6.48 Å². The predicted octanol–water partition coefficient (Wildman–Crippen LogP) is 3.94. The van der Waals surface area contributed by atoms with Crippen LogP contribution in [-0.2, 0) is 0 Å². The molecule has 1 aliphatic rings. The minimum atomic E-state index is 0.854. The van der Waals surface area contributed by atoms with Gasteiger partial charge in [-0.15, -0.1) is 0 Å². The number of hydrogen-bond donors (Lipinski definition) is 0. The SMILES string of the molecule is C=CN1CCN(c2ccc(C)cc2Cl)CC1.CC. The fourth-order valence-electron chi connectivity index (χ4n) is 2.01. The van der Waals surface area contributed by atoms with E-state index in [1.807, 2.05) is 26.1 Å². The summed E-state index contributed by atoms with van der Waals surface area (Å²) in [4.78, 5) is 4.57. The van der Waals surface area contributed by atoms with Gasteiger partial charge in [-0.25, -0.2) is 0 Å². The first-order chi connectivity index (χ1) is 8.70. The molecule has 100 valence electrons. The van der Waals surface area contributed by atoms with Crippen molar-refractivity contribution in [2.75, 3.05) is 31.1 Å². The normalized spacial score (nSPS) is 14.9. The summed E-state index contributed by atoms with van der Waals surface area (Å²) >= 11 is 6.26. The van der Waals surface area contributed by atoms with Crippen molar-refractivity contribution in [2.45, 2.75) is 20.8 Å². The van der Waals surface area contributed by atoms with E-state index in [-0.39, 0.29) is 0 Å². The van der Waals surface area contributed by atoms with Gasteiger partial charge in [0.15, 0.2) is 0 Å². The van der Waals surface area contributed by atoms with Crippen molar-refractivity contribution in [3.05, 3.63) is 41.6 Å². The van der Waals surface area contributed by atoms with Crippen LogP contribution in [0.3, 0.4) is 0 Å². The van der Waals surface area contributed by atoms with E-state index in [9.17, 15) is 0 Å². The summed E-state index contributed by atoms with van der Waals surface area (Å²) < 4.78 is 0. The van der Waals surface area contributed by atoms with Gasteiger partial charge in [-0.05, 0) is 30.8 Å². The number of benzene rings is 1. The molecule has 2 nitrogen and oxygen atoms in total. The Morgan fingerprint density at radius 1 is 1.17 bits per heavy atom. The molecule has 3 heteroatoms. The van der Waals surface area contributed by atoms with Gasteiger partial charge in [-0.1, -0.05) is 38.1 Å². The van der Waals surface area contributed by atoms with E-state index < -0.39 is 0 Å². The van der Waals surface area contributed by atoms with Gasteiger partial charge in [0.25, 0.3) is 0 Å². The molecule has 0 radical (unpaired) electrons. The second-order valence-electron chi connectivity index (χ2n) is 4.16. The number of rotatable bonds is 2. The second kappa shape index (κ2) is 7.32. The fraction of sp³-hybridized carbons (Fsp3) is 0.467. The van der Waals surface area contributed by atoms with Crippen LogP contribution in [0.25, 0.3) is 0 Å². The molecule has 2 rings (SSSR count). The lowest BCUT2D eigenvalue weighted by Crippen LogP contribution is -2.44. The summed E-state index contributed by atoms with van der Waals surface area (Å²) in [5.41, 5.74) is 2.36. The molecule has 1 aromatic rings. The number of piperazine rings is 1. The minimum Gasteiger partial charge on any atom is -0.374 e. The van der Waals surface area contributed by atoms with E-state index in [0.29, 0.717) is 0 Å². The number of nitrogens with zero attached hydrogens (tertiary/aromatic N) is 2. The Bertz CT molecular complexity index is 382. The Morgan fingerprint density at radius 3 is 2.28 bits per heavy atom. The molecular formula is C15H23ClN2. The van der Waals surface area contributed by atoms with Gasteiger partial charge in [0.1, 0.15) is 0 Å². The van der Waals surface area contributed by atoms with E-state index in [4.69, 9.17) is 11.6 Å². The van der Waals surface area contributed by atoms with Crippen molar-refractivity contribution in [1.82, 2.24) is 4.90 Å². The highest BCUT2D eigenvalue weighted by atomic mass is 35.5. The zero-order valence-electron chi connectivity index (χ0n) is 11.6. The lowest BCUT2D eigenvalue weighted by atomic mass is 10.2. The number of anilines is 1. The van der Waals surface area contributed by atoms with Crippen molar-refractivity contribution in [1.29, 1.82) is 0 Å². The van der Waals surface area contributed by atoms with Crippen LogP contribution in [-0.4, -0.2) is 31.1 Å². The van der Waals surface area contributed by atoms with Crippen LogP contribution in [0.15, 0.2) is 31.0 Å². The summed E-state index contributed by atoms with van der Waals surface area (Å²) in [5.74, 6) is 0. The first kappa shape index (κ1) is 14.9. The van der Waals surface area contributed by atoms with Gasteiger partial charge in [0.05, 0.1) is 10.7 Å². The fourth-order valence-corrected chi connectivity index (χ4v) is 2.37. The molecule has 1 fully saturated rings. The van der Waals surface area contributed by atoms with E-state index in [0.717, 1.165) is 36.9 Å². The first-order valence-electron chi connectivity index (χ1n) is 6.58. The molecule has 0 aliphatic carbocycles. The van der Waals surface area contributed by atoms with Crippen LogP contribution < -0.4 is 4.90 Å². The highest BCUT2D eigenvalue weighted by Gasteiger charge is 2.16. The molecule has 1 aliphatic heterocycles. The third kappa shape index (κ3) is 3.67. The van der Waals surface area contributed by atoms with E-state index >= 15 is 0 Å². The van der Waals surface area contributed by atoms with Gasteiger partial charge in [-0.2, -0.15) is 0 Å². The number of hydrogen-bond acceptors (Lipinski definition) is 2. The third-order valence-electron chi connectivity index (χ3n) is 3.02. The standard InChI is InChI=1S/C13H17ClN2.C2H6/c1-3-15-6-8-16(9-7-15)13-5-4-11(2)10-12(13)14;1-2/h3-5,10H,1,6-9H2,2H3;1-2H3. The van der Waals surface area contributed by atoms with Crippen molar-refractivity contribution in [3.63, 3.8) is 0 Å². The zero-order valence-corrected chi connectivity index (χ0v) is 12.4. The van der Waals surface area contributed by atoms with Gasteiger partial charge < -0.3 is 9.80 Å². The Hall–Kier alpha value is -1.15. The lowest BCUT2D eigenvalue weighted by molar-refractivity contribution is 0.350. The molecule has 1 heterocycles. The smallest absolute Gasteiger partial charge is 0.0642 e. The Labute approximate surface area is 116 Å². The van der Waals surface area contributed by atoms with Crippen LogP contribution in [0.2, 0.25) is 5.02 Å². The molecule has 0 amide bonds. The summed E-state index contributed by atoms with van der Waals surface area (Å²) in [6, 6.07) is 6.25. The quantitative estimate of drug-likeness (QED) is 0.800. The average Bonchev–Trinajstić information content (AvgIpc) is 2.41. The molecule has 1 aromatic carbocycles. The lowest BCUT2D eigenvalue weighted by Gasteiger charge is -2.35. The summed E-state index contributed by atoms with van der Waals surface area (Å²) in [7, 11) is 0. The van der Waals surface area contributed by atoms with Crippen LogP contribution in [0.4, 0.5) is 5.69 Å². The van der Waals surface area contributed by atoms with Crippen molar-refractivity contribution in [3.8, 4) is 0 Å². The molecule has 18 heavy (non-hydrogen) atoms. The monoisotopic (exact) mass is 266 g/mol. The maximum atomic E-state index is 6.26. The Kier molecular flexibility index (Phi) is 6.06. The average molecular weight is 267 g/mol. The Balaban J connectivity index is 0.000000771. The van der Waals surface area contributed by atoms with E-state index in [1.54, 1.807) is 0 Å². The first-order valence-corrected chi connectivity index (χ1v) is 6.96. The largest absolute Gasteiger partial charge is 0.374 e. The van der Waals surface area contributed by atoms with Crippen molar-refractivity contribution in [2.24, 2.45) is 0 Å². The molecule has 0 N–H and O–H groups in total. The number of halogens is 1. The highest BCUT2D eigenvalue weighted by molar-refractivity contribution is 6.33. The molecule has 0 spiro atoms. The van der Waals surface area contributed by atoms with Crippen LogP contribution in [0, 0.1) is 6.92 Å². The maximum absolute atomic E-state index is 6.26. The van der Waals surface area contributed by atoms with Crippen molar-refractivity contribution >= 4 is 17.3 Å². The summed E-state index contributed by atoms with van der Waals surface area (Å²) in [6.45, 7) is 13.9. The molecule has 1 saturated heterocycles. The van der Waals surface area contributed by atoms with Crippen LogP contribution in [0.5, 0.6) is 0 Å². The minimum absolute atomic E-state index is 0.854. The molecule has 0 saturated carbocycles. The zero-order chi connectivity index (χ0) is 13.5. The summed E-state index contributed by atoms with van der Waals surface area (Å²) in [5, 5.41) is 0.854. The van der Waals surface area contributed by atoms with Gasteiger partial charge in [-0.3, -0.25) is 0 Å². The summed E-state index contributed by atoms with van der Waals surface area (Å²) in [6.07, 6.45) is 1.91. The molecule has 0 atom stereocenters. The molecule has 0 unspecified atom stereocenters. The molecular weight excluding hydrogens is 244 g/mol. The second-order valence-corrected chi connectivity index (χ2v) is 4.57. The van der Waals surface area contributed by atoms with Gasteiger partial charge in [0, 0.05) is 26.2 Å². The van der Waals surface area contributed by atoms with Gasteiger partial charge >= 0.3 is 0 Å². The van der Waals surface area contributed by atoms with Crippen LogP contribution >= 0.6 is 11.6 Å². The predicted molar refractivity (Wildman–Crippen MR) is 81.5 cm³/mol.